The number of amides is 2. The van der Waals surface area contributed by atoms with Crippen molar-refractivity contribution in [2.24, 2.45) is 0 Å². The Bertz CT molecular complexity index is 2430. The molecule has 0 bridgehead atoms. The lowest BCUT2D eigenvalue weighted by Gasteiger charge is -2.25. The van der Waals surface area contributed by atoms with E-state index >= 15 is 0 Å². The highest BCUT2D eigenvalue weighted by molar-refractivity contribution is 5.94. The number of alkyl halides is 3. The molecule has 0 aliphatic rings. The number of nitrogens with zero attached hydrogens (tertiary/aromatic N) is 1. The molecule has 0 fully saturated rings. The van der Waals surface area contributed by atoms with Crippen LogP contribution in [0.3, 0.4) is 0 Å². The molecule has 0 radical (unpaired) electrons. The van der Waals surface area contributed by atoms with Gasteiger partial charge in [0.05, 0.1) is 17.7 Å². The number of pyridine rings is 1. The number of carbonyl (C=O) groups excluding carboxylic acids is 1. The number of aliphatic hydroxyl groups is 1. The number of fused-ring (bicyclic) bond motifs is 1. The number of aliphatic hydroxyl groups excluding tert-OH is 1. The van der Waals surface area contributed by atoms with E-state index in [4.69, 9.17) is 4.74 Å². The summed E-state index contributed by atoms with van der Waals surface area (Å²) in [5.41, 5.74) is 2.87. The first-order valence-corrected chi connectivity index (χ1v) is 18.6. The predicted molar refractivity (Wildman–Crippen MR) is 213 cm³/mol. The number of carboxylic acid groups (broad SMARTS) is 1. The molecule has 5 aromatic carbocycles. The average molecular weight is 811 g/mol. The summed E-state index contributed by atoms with van der Waals surface area (Å²) in [6.07, 6.45) is -6.76. The van der Waals surface area contributed by atoms with Crippen molar-refractivity contribution in [3.63, 3.8) is 0 Å². The highest BCUT2D eigenvalue weighted by Crippen LogP contribution is 2.30. The van der Waals surface area contributed by atoms with Gasteiger partial charge in [-0.15, -0.1) is 13.2 Å². The number of halogens is 3. The second-order valence-electron chi connectivity index (χ2n) is 13.6. The minimum absolute atomic E-state index is 0.0931. The maximum absolute atomic E-state index is 13.9. The van der Waals surface area contributed by atoms with Crippen LogP contribution < -0.4 is 25.7 Å². The van der Waals surface area contributed by atoms with E-state index < -0.39 is 41.8 Å². The predicted octanol–water partition coefficient (Wildman–Crippen LogP) is 7.42. The molecule has 6 N–H and O–H groups in total. The smallest absolute Gasteiger partial charge is 0.506 e. The van der Waals surface area contributed by atoms with E-state index in [0.29, 0.717) is 35.2 Å². The molecule has 6 aromatic rings. The fourth-order valence-electron chi connectivity index (χ4n) is 6.61. The van der Waals surface area contributed by atoms with Crippen LogP contribution in [0.25, 0.3) is 10.9 Å². The lowest BCUT2D eigenvalue weighted by atomic mass is 9.98. The molecule has 59 heavy (non-hydrogen) atoms. The Labute approximate surface area is 336 Å². The summed E-state index contributed by atoms with van der Waals surface area (Å²) in [7, 11) is 0. The van der Waals surface area contributed by atoms with Gasteiger partial charge in [-0.1, -0.05) is 78.9 Å². The first kappa shape index (κ1) is 41.8. The Balaban J connectivity index is 1.11. The van der Waals surface area contributed by atoms with Gasteiger partial charge >= 0.3 is 12.5 Å². The highest BCUT2D eigenvalue weighted by Gasteiger charge is 2.32. The quantitative estimate of drug-likeness (QED) is 0.0513. The monoisotopic (exact) mass is 810 g/mol. The van der Waals surface area contributed by atoms with Crippen LogP contribution in [0.15, 0.2) is 132 Å². The normalized spacial score (nSPS) is 12.4. The lowest BCUT2D eigenvalue weighted by Crippen LogP contribution is -2.34. The number of nitrogens with one attached hydrogen (secondary N) is 3. The number of para-hydroxylation sites is 1. The molecule has 0 spiro atoms. The molecule has 1 aromatic heterocycles. The fourth-order valence-corrected chi connectivity index (χ4v) is 6.61. The van der Waals surface area contributed by atoms with E-state index in [9.17, 15) is 42.9 Å². The van der Waals surface area contributed by atoms with Crippen molar-refractivity contribution in [2.45, 2.75) is 38.1 Å². The summed E-state index contributed by atoms with van der Waals surface area (Å²) in [6.45, 7) is 0.489. The molecule has 1 heterocycles. The second kappa shape index (κ2) is 19.1. The molecule has 306 valence electrons. The number of aromatic amines is 1. The van der Waals surface area contributed by atoms with Crippen LogP contribution in [0.5, 0.6) is 17.2 Å². The van der Waals surface area contributed by atoms with Crippen molar-refractivity contribution < 1.29 is 47.6 Å². The fraction of sp³-hybridized carbons (Fsp3) is 0.205. The van der Waals surface area contributed by atoms with Gasteiger partial charge in [0.25, 0.3) is 5.91 Å². The molecule has 6 rings (SSSR count). The number of aromatic nitrogens is 1. The summed E-state index contributed by atoms with van der Waals surface area (Å²) >= 11 is 0. The van der Waals surface area contributed by atoms with E-state index in [-0.39, 0.29) is 48.6 Å². The van der Waals surface area contributed by atoms with Crippen LogP contribution in [0, 0.1) is 0 Å². The van der Waals surface area contributed by atoms with Gasteiger partial charge < -0.3 is 45.3 Å². The molecule has 0 saturated heterocycles. The van der Waals surface area contributed by atoms with E-state index in [1.165, 1.54) is 41.3 Å². The Morgan fingerprint density at radius 3 is 2.32 bits per heavy atom. The van der Waals surface area contributed by atoms with E-state index in [1.54, 1.807) is 60.7 Å². The highest BCUT2D eigenvalue weighted by atomic mass is 19.4. The van der Waals surface area contributed by atoms with E-state index in [0.717, 1.165) is 11.1 Å². The minimum atomic E-state index is -4.94. The van der Waals surface area contributed by atoms with Gasteiger partial charge in [0.1, 0.15) is 23.9 Å². The number of carbonyl (C=O) groups is 2. The number of phenols is 1. The molecule has 1 unspecified atom stereocenters. The summed E-state index contributed by atoms with van der Waals surface area (Å²) in [4.78, 5) is 41.3. The van der Waals surface area contributed by atoms with Crippen molar-refractivity contribution >= 4 is 22.9 Å². The molecule has 0 aliphatic heterocycles. The van der Waals surface area contributed by atoms with Gasteiger partial charge in [-0.3, -0.25) is 9.59 Å². The minimum Gasteiger partial charge on any atom is -0.506 e. The number of ether oxygens (including phenoxy) is 2. The topological polar surface area (TPSA) is 173 Å². The van der Waals surface area contributed by atoms with Gasteiger partial charge in [-0.05, 0) is 77.7 Å². The Hall–Kier alpha value is -6.84. The largest absolute Gasteiger partial charge is 0.573 e. The van der Waals surface area contributed by atoms with Crippen molar-refractivity contribution in [2.75, 3.05) is 19.6 Å². The molecular formula is C44H41F3N4O8. The van der Waals surface area contributed by atoms with Crippen LogP contribution in [0.4, 0.5) is 18.0 Å². The molecule has 2 atom stereocenters. The summed E-state index contributed by atoms with van der Waals surface area (Å²) in [5.74, 6) is -0.499. The van der Waals surface area contributed by atoms with Crippen molar-refractivity contribution in [3.8, 4) is 17.2 Å². The zero-order valence-electron chi connectivity index (χ0n) is 31.5. The second-order valence-corrected chi connectivity index (χ2v) is 13.6. The third kappa shape index (κ3) is 11.4. The van der Waals surface area contributed by atoms with Crippen molar-refractivity contribution in [1.29, 1.82) is 0 Å². The van der Waals surface area contributed by atoms with Crippen LogP contribution in [-0.4, -0.2) is 63.2 Å². The van der Waals surface area contributed by atoms with Crippen molar-refractivity contribution in [3.05, 3.63) is 171 Å². The first-order valence-electron chi connectivity index (χ1n) is 18.6. The summed E-state index contributed by atoms with van der Waals surface area (Å²) in [6, 6.07) is 33.5. The van der Waals surface area contributed by atoms with Gasteiger partial charge in [-0.25, -0.2) is 4.79 Å². The van der Waals surface area contributed by atoms with Crippen molar-refractivity contribution in [1.82, 2.24) is 20.5 Å². The van der Waals surface area contributed by atoms with Crippen LogP contribution >= 0.6 is 0 Å². The Morgan fingerprint density at radius 1 is 0.847 bits per heavy atom. The van der Waals surface area contributed by atoms with Crippen LogP contribution in [0.2, 0.25) is 0 Å². The Morgan fingerprint density at radius 2 is 1.58 bits per heavy atom. The van der Waals surface area contributed by atoms with E-state index in [2.05, 4.69) is 20.4 Å². The third-order valence-electron chi connectivity index (χ3n) is 9.43. The van der Waals surface area contributed by atoms with Gasteiger partial charge in [0.2, 0.25) is 5.56 Å². The first-order chi connectivity index (χ1) is 28.3. The number of hydrogen-bond donors (Lipinski definition) is 6. The number of benzene rings is 5. The zero-order valence-corrected chi connectivity index (χ0v) is 31.5. The zero-order chi connectivity index (χ0) is 41.9. The van der Waals surface area contributed by atoms with E-state index in [1.807, 2.05) is 30.3 Å². The summed E-state index contributed by atoms with van der Waals surface area (Å²) in [5, 5.41) is 36.7. The number of phenolic OH excluding ortho intramolecular Hbond substituents is 1. The molecule has 0 saturated carbocycles. The molecule has 0 aliphatic carbocycles. The van der Waals surface area contributed by atoms with Crippen LogP contribution in [-0.2, 0) is 13.2 Å². The number of aromatic hydroxyl groups is 1. The number of H-pyrrole nitrogens is 1. The molecular weight excluding hydrogens is 769 g/mol. The number of hydrogen-bond acceptors (Lipinski definition) is 8. The molecule has 2 amide bonds. The molecule has 12 nitrogen and oxygen atoms in total. The standard InChI is InChI=1S/C44H41F3N4O8/c45-44(46,47)59-38-13-5-4-10-32(38)26-51(23-7-22-48-25-37(53)34-18-20-36(52)41-35(34)19-21-39(54)49-41)42(55)30-16-14-28(15-17-30)27-58-33-12-6-11-31(24-33)40(50-43(56)57)29-8-2-1-3-9-29/h1-6,8-21,24,37,40,48,50,52-53H,7,22-23,25-27H2,(H,49,54)(H,56,57)/t37?,40-/m0/s1. The van der Waals surface area contributed by atoms with Gasteiger partial charge in [0, 0.05) is 42.2 Å². The summed E-state index contributed by atoms with van der Waals surface area (Å²) < 4.78 is 50.1. The maximum Gasteiger partial charge on any atom is 0.573 e. The maximum atomic E-state index is 13.9. The average Bonchev–Trinajstić information content (AvgIpc) is 3.22. The van der Waals surface area contributed by atoms with Gasteiger partial charge in [0.15, 0.2) is 0 Å². The third-order valence-corrected chi connectivity index (χ3v) is 9.43. The lowest BCUT2D eigenvalue weighted by molar-refractivity contribution is -0.275. The number of rotatable bonds is 17. The van der Waals surface area contributed by atoms with Gasteiger partial charge in [-0.2, -0.15) is 0 Å². The SMILES string of the molecule is O=C(O)N[C@@H](c1ccccc1)c1cccc(OCc2ccc(C(=O)N(CCCNCC(O)c3ccc(O)c4[nH]c(=O)ccc34)Cc3ccccc3OC(F)(F)F)cc2)c1. The Kier molecular flexibility index (Phi) is 13.5. The molecule has 15 heteroatoms. The van der Waals surface area contributed by atoms with Crippen LogP contribution in [0.1, 0.15) is 56.7 Å².